The van der Waals surface area contributed by atoms with Gasteiger partial charge in [-0.3, -0.25) is 4.84 Å². The largest absolute Gasteiger partial charge is 0.295 e. The Balaban J connectivity index is 1.83. The summed E-state index contributed by atoms with van der Waals surface area (Å²) in [4.78, 5) is 5.69. The highest BCUT2D eigenvalue weighted by atomic mass is 16.7. The van der Waals surface area contributed by atoms with E-state index in [2.05, 4.69) is 17.2 Å². The van der Waals surface area contributed by atoms with Crippen LogP contribution in [0.2, 0.25) is 0 Å². The molecule has 0 saturated heterocycles. The molecule has 0 unspecified atom stereocenters. The minimum absolute atomic E-state index is 0.702. The van der Waals surface area contributed by atoms with Gasteiger partial charge in [-0.05, 0) is 19.3 Å². The average Bonchev–Trinajstić information content (AvgIpc) is 2.47. The minimum atomic E-state index is 0.702. The lowest BCUT2D eigenvalue weighted by Gasteiger charge is -2.32. The summed E-state index contributed by atoms with van der Waals surface area (Å²) in [5.41, 5.74) is 0. The molecular weight excluding hydrogens is 162 g/mol. The maximum absolute atomic E-state index is 5.69. The zero-order valence-electron chi connectivity index (χ0n) is 8.24. The lowest BCUT2D eigenvalue weighted by atomic mass is 9.95. The van der Waals surface area contributed by atoms with Gasteiger partial charge in [-0.1, -0.05) is 31.4 Å². The van der Waals surface area contributed by atoms with Gasteiger partial charge < -0.3 is 0 Å². The number of rotatable bonds is 1. The lowest BCUT2D eigenvalue weighted by Crippen LogP contribution is -2.36. The van der Waals surface area contributed by atoms with Gasteiger partial charge in [-0.15, -0.1) is 0 Å². The number of nitrogens with zero attached hydrogens (tertiary/aromatic N) is 1. The summed E-state index contributed by atoms with van der Waals surface area (Å²) < 4.78 is 0. The van der Waals surface area contributed by atoms with Crippen molar-refractivity contribution in [2.75, 3.05) is 13.2 Å². The molecule has 0 aromatic carbocycles. The van der Waals surface area contributed by atoms with Crippen molar-refractivity contribution in [2.45, 2.75) is 44.6 Å². The monoisotopic (exact) mass is 181 g/mol. The van der Waals surface area contributed by atoms with E-state index >= 15 is 0 Å². The van der Waals surface area contributed by atoms with Gasteiger partial charge >= 0.3 is 0 Å². The SMILES string of the molecule is C1=CCON(C2CCCCC2)CC1. The quantitative estimate of drug-likeness (QED) is 0.576. The molecule has 0 atom stereocenters. The van der Waals surface area contributed by atoms with E-state index in [1.54, 1.807) is 0 Å². The van der Waals surface area contributed by atoms with Crippen molar-refractivity contribution in [1.29, 1.82) is 0 Å². The molecule has 0 radical (unpaired) electrons. The highest BCUT2D eigenvalue weighted by Crippen LogP contribution is 2.23. The second-order valence-electron chi connectivity index (χ2n) is 3.99. The molecule has 74 valence electrons. The molecule has 2 aliphatic rings. The summed E-state index contributed by atoms with van der Waals surface area (Å²) in [7, 11) is 0. The van der Waals surface area contributed by atoms with Crippen molar-refractivity contribution < 1.29 is 4.84 Å². The Kier molecular flexibility index (Phi) is 3.39. The molecule has 0 N–H and O–H groups in total. The first-order valence-corrected chi connectivity index (χ1v) is 5.51. The van der Waals surface area contributed by atoms with Gasteiger partial charge in [0.25, 0.3) is 0 Å². The van der Waals surface area contributed by atoms with Crippen molar-refractivity contribution in [3.8, 4) is 0 Å². The van der Waals surface area contributed by atoms with Crippen LogP contribution in [-0.2, 0) is 4.84 Å². The Morgan fingerprint density at radius 3 is 2.77 bits per heavy atom. The Bertz CT molecular complexity index is 163. The Labute approximate surface area is 80.5 Å². The zero-order chi connectivity index (χ0) is 8.93. The zero-order valence-corrected chi connectivity index (χ0v) is 8.24. The van der Waals surface area contributed by atoms with Crippen LogP contribution in [-0.4, -0.2) is 24.3 Å². The third-order valence-corrected chi connectivity index (χ3v) is 3.00. The summed E-state index contributed by atoms with van der Waals surface area (Å²) in [5, 5.41) is 2.22. The predicted molar refractivity (Wildman–Crippen MR) is 53.3 cm³/mol. The summed E-state index contributed by atoms with van der Waals surface area (Å²) in [6.07, 6.45) is 12.4. The summed E-state index contributed by atoms with van der Waals surface area (Å²) in [6.45, 7) is 1.86. The molecule has 0 amide bonds. The van der Waals surface area contributed by atoms with E-state index in [-0.39, 0.29) is 0 Å². The summed E-state index contributed by atoms with van der Waals surface area (Å²) >= 11 is 0. The van der Waals surface area contributed by atoms with Crippen molar-refractivity contribution in [3.05, 3.63) is 12.2 Å². The number of hydrogen-bond donors (Lipinski definition) is 0. The number of hydrogen-bond acceptors (Lipinski definition) is 2. The van der Waals surface area contributed by atoms with E-state index in [4.69, 9.17) is 4.84 Å². The van der Waals surface area contributed by atoms with Crippen LogP contribution in [0.5, 0.6) is 0 Å². The molecule has 1 saturated carbocycles. The molecule has 0 aromatic heterocycles. The first-order valence-electron chi connectivity index (χ1n) is 5.51. The second kappa shape index (κ2) is 4.77. The van der Waals surface area contributed by atoms with Crippen LogP contribution in [0, 0.1) is 0 Å². The van der Waals surface area contributed by atoms with Gasteiger partial charge in [0.1, 0.15) is 0 Å². The fourth-order valence-corrected chi connectivity index (χ4v) is 2.25. The normalized spacial score (nSPS) is 27.4. The van der Waals surface area contributed by atoms with Crippen molar-refractivity contribution in [3.63, 3.8) is 0 Å². The molecule has 1 heterocycles. The molecule has 0 spiro atoms. The average molecular weight is 181 g/mol. The van der Waals surface area contributed by atoms with E-state index in [0.717, 1.165) is 19.6 Å². The van der Waals surface area contributed by atoms with Gasteiger partial charge in [-0.25, -0.2) is 0 Å². The highest BCUT2D eigenvalue weighted by molar-refractivity contribution is 4.85. The highest BCUT2D eigenvalue weighted by Gasteiger charge is 2.21. The lowest BCUT2D eigenvalue weighted by molar-refractivity contribution is -0.179. The van der Waals surface area contributed by atoms with E-state index in [1.165, 1.54) is 32.1 Å². The maximum atomic E-state index is 5.69. The van der Waals surface area contributed by atoms with Gasteiger partial charge in [0, 0.05) is 12.6 Å². The third kappa shape index (κ3) is 2.55. The molecule has 13 heavy (non-hydrogen) atoms. The van der Waals surface area contributed by atoms with Crippen LogP contribution in [0.15, 0.2) is 12.2 Å². The van der Waals surface area contributed by atoms with Gasteiger partial charge in [0.05, 0.1) is 6.61 Å². The van der Waals surface area contributed by atoms with Crippen LogP contribution >= 0.6 is 0 Å². The Morgan fingerprint density at radius 1 is 1.08 bits per heavy atom. The van der Waals surface area contributed by atoms with E-state index in [9.17, 15) is 0 Å². The van der Waals surface area contributed by atoms with Crippen LogP contribution in [0.3, 0.4) is 0 Å². The Hall–Kier alpha value is -0.340. The second-order valence-corrected chi connectivity index (χ2v) is 3.99. The molecule has 1 fully saturated rings. The molecule has 0 bridgehead atoms. The molecule has 2 nitrogen and oxygen atoms in total. The van der Waals surface area contributed by atoms with Gasteiger partial charge in [0.2, 0.25) is 0 Å². The molecular formula is C11H19NO. The van der Waals surface area contributed by atoms with Gasteiger partial charge in [-0.2, -0.15) is 5.06 Å². The predicted octanol–water partition coefficient (Wildman–Crippen LogP) is 2.51. The smallest absolute Gasteiger partial charge is 0.0866 e. The fraction of sp³-hybridized carbons (Fsp3) is 0.818. The van der Waals surface area contributed by atoms with E-state index < -0.39 is 0 Å². The van der Waals surface area contributed by atoms with E-state index in [0.29, 0.717) is 6.04 Å². The van der Waals surface area contributed by atoms with Crippen LogP contribution in [0.1, 0.15) is 38.5 Å². The Morgan fingerprint density at radius 2 is 1.92 bits per heavy atom. The van der Waals surface area contributed by atoms with Gasteiger partial charge in [0.15, 0.2) is 0 Å². The van der Waals surface area contributed by atoms with E-state index in [1.807, 2.05) is 0 Å². The summed E-state index contributed by atoms with van der Waals surface area (Å²) in [5.74, 6) is 0. The van der Waals surface area contributed by atoms with Crippen LogP contribution in [0.4, 0.5) is 0 Å². The van der Waals surface area contributed by atoms with Crippen molar-refractivity contribution in [2.24, 2.45) is 0 Å². The van der Waals surface area contributed by atoms with Crippen LogP contribution < -0.4 is 0 Å². The molecule has 1 aliphatic carbocycles. The molecule has 2 rings (SSSR count). The standard InChI is InChI=1S/C11H19NO/c1-3-7-11(8-4-1)12-9-5-2-6-10-13-12/h2,6,11H,1,3-5,7-10H2. The third-order valence-electron chi connectivity index (χ3n) is 3.00. The topological polar surface area (TPSA) is 12.5 Å². The minimum Gasteiger partial charge on any atom is -0.295 e. The first-order chi connectivity index (χ1) is 6.47. The van der Waals surface area contributed by atoms with Crippen LogP contribution in [0.25, 0.3) is 0 Å². The van der Waals surface area contributed by atoms with Crippen molar-refractivity contribution in [1.82, 2.24) is 5.06 Å². The molecule has 2 heteroatoms. The first kappa shape index (κ1) is 9.22. The maximum Gasteiger partial charge on any atom is 0.0866 e. The fourth-order valence-electron chi connectivity index (χ4n) is 2.25. The number of hydroxylamine groups is 2. The molecule has 0 aromatic rings. The van der Waals surface area contributed by atoms with Crippen molar-refractivity contribution >= 4 is 0 Å². The molecule has 1 aliphatic heterocycles. The summed E-state index contributed by atoms with van der Waals surface area (Å²) in [6, 6.07) is 0.702.